The van der Waals surface area contributed by atoms with Gasteiger partial charge in [0.1, 0.15) is 11.8 Å². The molecule has 0 radical (unpaired) electrons. The molecule has 0 aromatic heterocycles. The number of amides is 3. The molecule has 0 bridgehead atoms. The van der Waals surface area contributed by atoms with E-state index in [4.69, 9.17) is 10.5 Å². The molecule has 1 unspecified atom stereocenters. The first-order valence-electron chi connectivity index (χ1n) is 10.0. The minimum atomic E-state index is -4.84. The lowest BCUT2D eigenvalue weighted by molar-refractivity contribution is -0.157. The minimum Gasteiger partial charge on any atom is -0.497 e. The Morgan fingerprint density at radius 2 is 1.85 bits per heavy atom. The molecular formula is C22H23F3N4O4. The third-order valence-corrected chi connectivity index (χ3v) is 5.17. The first kappa shape index (κ1) is 23.9. The number of halogens is 3. The van der Waals surface area contributed by atoms with Crippen molar-refractivity contribution in [3.8, 4) is 5.75 Å². The van der Waals surface area contributed by atoms with Crippen LogP contribution in [0, 0.1) is 0 Å². The van der Waals surface area contributed by atoms with Crippen molar-refractivity contribution in [2.45, 2.75) is 25.1 Å². The molecule has 3 amide bonds. The lowest BCUT2D eigenvalue weighted by atomic mass is 10.1. The molecule has 1 aliphatic heterocycles. The first-order chi connectivity index (χ1) is 15.6. The molecule has 3 N–H and O–H groups in total. The molecule has 8 nitrogen and oxygen atoms in total. The van der Waals surface area contributed by atoms with E-state index in [2.05, 4.69) is 5.32 Å². The number of fused-ring (bicyclic) bond motifs is 1. The van der Waals surface area contributed by atoms with Gasteiger partial charge in [0.05, 0.1) is 31.5 Å². The Bertz CT molecular complexity index is 1030. The second kappa shape index (κ2) is 9.80. The summed E-state index contributed by atoms with van der Waals surface area (Å²) in [6, 6.07) is 9.95. The zero-order valence-electron chi connectivity index (χ0n) is 17.8. The van der Waals surface area contributed by atoms with Gasteiger partial charge in [0, 0.05) is 18.7 Å². The van der Waals surface area contributed by atoms with Crippen molar-refractivity contribution < 1.29 is 32.3 Å². The van der Waals surface area contributed by atoms with Gasteiger partial charge in [-0.1, -0.05) is 12.1 Å². The summed E-state index contributed by atoms with van der Waals surface area (Å²) >= 11 is 0. The third-order valence-electron chi connectivity index (χ3n) is 5.17. The van der Waals surface area contributed by atoms with Gasteiger partial charge in [-0.05, 0) is 36.4 Å². The zero-order valence-corrected chi connectivity index (χ0v) is 17.8. The number of primary amides is 1. The van der Waals surface area contributed by atoms with Gasteiger partial charge in [-0.2, -0.15) is 13.2 Å². The largest absolute Gasteiger partial charge is 0.497 e. The van der Waals surface area contributed by atoms with Crippen LogP contribution in [0.5, 0.6) is 5.75 Å². The molecular weight excluding hydrogens is 441 g/mol. The molecule has 1 atom stereocenters. The highest BCUT2D eigenvalue weighted by Gasteiger charge is 2.49. The van der Waals surface area contributed by atoms with Gasteiger partial charge < -0.3 is 20.7 Å². The predicted molar refractivity (Wildman–Crippen MR) is 116 cm³/mol. The molecule has 0 aliphatic carbocycles. The van der Waals surface area contributed by atoms with Gasteiger partial charge in [0.2, 0.25) is 17.7 Å². The number of ether oxygens (including phenoxy) is 1. The fourth-order valence-corrected chi connectivity index (χ4v) is 3.57. The van der Waals surface area contributed by atoms with E-state index in [1.54, 1.807) is 30.3 Å². The topological polar surface area (TPSA) is 105 Å². The van der Waals surface area contributed by atoms with Crippen LogP contribution in [0.1, 0.15) is 12.8 Å². The van der Waals surface area contributed by atoms with Gasteiger partial charge in [-0.25, -0.2) is 0 Å². The molecule has 2 aromatic carbocycles. The predicted octanol–water partition coefficient (Wildman–Crippen LogP) is 2.68. The van der Waals surface area contributed by atoms with Crippen LogP contribution in [0.25, 0.3) is 0 Å². The standard InChI is InChI=1S/C22H23F3N4O4/c1-33-15-8-6-14(7-9-15)28(11-10-19(26)30)13-21(32)29-17-5-3-2-4-16(17)27-20(31)12-18(29)22(23,24)25/h2-9,18H,10-13H2,1H3,(H2,26,30)(H,27,31). The third kappa shape index (κ3) is 5.73. The van der Waals surface area contributed by atoms with Gasteiger partial charge in [-0.15, -0.1) is 0 Å². The van der Waals surface area contributed by atoms with Crippen molar-refractivity contribution in [1.29, 1.82) is 0 Å². The highest BCUT2D eigenvalue weighted by Crippen LogP contribution is 2.38. The molecule has 0 saturated carbocycles. The highest BCUT2D eigenvalue weighted by atomic mass is 19.4. The molecule has 0 saturated heterocycles. The Labute approximate surface area is 188 Å². The van der Waals surface area contributed by atoms with E-state index in [0.29, 0.717) is 16.3 Å². The van der Waals surface area contributed by atoms with Crippen molar-refractivity contribution in [3.05, 3.63) is 48.5 Å². The van der Waals surface area contributed by atoms with E-state index < -0.39 is 42.9 Å². The van der Waals surface area contributed by atoms with Crippen LogP contribution in [0.4, 0.5) is 30.2 Å². The Morgan fingerprint density at radius 3 is 2.45 bits per heavy atom. The number of rotatable bonds is 7. The normalized spacial score (nSPS) is 15.8. The van der Waals surface area contributed by atoms with E-state index in [9.17, 15) is 27.6 Å². The van der Waals surface area contributed by atoms with Gasteiger partial charge in [0.25, 0.3) is 0 Å². The minimum absolute atomic E-state index is 0.0107. The summed E-state index contributed by atoms with van der Waals surface area (Å²) < 4.78 is 46.9. The highest BCUT2D eigenvalue weighted by molar-refractivity contribution is 6.05. The molecule has 0 fully saturated rings. The number of alkyl halides is 3. The van der Waals surface area contributed by atoms with Crippen LogP contribution in [0.15, 0.2) is 48.5 Å². The summed E-state index contributed by atoms with van der Waals surface area (Å²) in [6.07, 6.45) is -5.89. The number of methoxy groups -OCH3 is 1. The average molecular weight is 464 g/mol. The number of hydrogen-bond acceptors (Lipinski definition) is 5. The number of para-hydroxylation sites is 2. The van der Waals surface area contributed by atoms with Crippen molar-refractivity contribution >= 4 is 34.8 Å². The maximum atomic E-state index is 13.9. The number of nitrogens with zero attached hydrogens (tertiary/aromatic N) is 2. The summed E-state index contributed by atoms with van der Waals surface area (Å²) in [5, 5.41) is 2.43. The number of nitrogens with one attached hydrogen (secondary N) is 1. The average Bonchev–Trinajstić information content (AvgIpc) is 2.92. The molecule has 3 rings (SSSR count). The molecule has 2 aromatic rings. The SMILES string of the molecule is COc1ccc(N(CCC(N)=O)CC(=O)N2c3ccccc3NC(=O)CC2C(F)(F)F)cc1. The zero-order chi connectivity index (χ0) is 24.2. The summed E-state index contributed by atoms with van der Waals surface area (Å²) in [4.78, 5) is 38.9. The fourth-order valence-electron chi connectivity index (χ4n) is 3.57. The summed E-state index contributed by atoms with van der Waals surface area (Å²) in [7, 11) is 1.48. The Kier molecular flexibility index (Phi) is 7.10. The van der Waals surface area contributed by atoms with Crippen molar-refractivity contribution in [3.63, 3.8) is 0 Å². The molecule has 33 heavy (non-hydrogen) atoms. The van der Waals surface area contributed by atoms with Crippen molar-refractivity contribution in [1.82, 2.24) is 0 Å². The molecule has 1 heterocycles. The molecule has 1 aliphatic rings. The van der Waals surface area contributed by atoms with E-state index in [-0.39, 0.29) is 24.3 Å². The van der Waals surface area contributed by atoms with Crippen LogP contribution in [0.3, 0.4) is 0 Å². The van der Waals surface area contributed by atoms with Gasteiger partial charge >= 0.3 is 6.18 Å². The number of hydrogen-bond donors (Lipinski definition) is 2. The van der Waals surface area contributed by atoms with Crippen LogP contribution >= 0.6 is 0 Å². The van der Waals surface area contributed by atoms with E-state index in [1.165, 1.54) is 30.2 Å². The van der Waals surface area contributed by atoms with Crippen LogP contribution in [-0.2, 0) is 14.4 Å². The summed E-state index contributed by atoms with van der Waals surface area (Å²) in [5.41, 5.74) is 5.78. The summed E-state index contributed by atoms with van der Waals surface area (Å²) in [6.45, 7) is -0.467. The number of nitrogens with two attached hydrogens (primary N) is 1. The first-order valence-corrected chi connectivity index (χ1v) is 10.0. The smallest absolute Gasteiger partial charge is 0.409 e. The second-order valence-electron chi connectivity index (χ2n) is 7.43. The van der Waals surface area contributed by atoms with Gasteiger partial charge in [0.15, 0.2) is 0 Å². The molecule has 0 spiro atoms. The lowest BCUT2D eigenvalue weighted by Crippen LogP contribution is -2.52. The second-order valence-corrected chi connectivity index (χ2v) is 7.43. The fraction of sp³-hybridized carbons (Fsp3) is 0.318. The van der Waals surface area contributed by atoms with Crippen LogP contribution in [-0.4, -0.2) is 50.1 Å². The Morgan fingerprint density at radius 1 is 1.18 bits per heavy atom. The number of carbonyl (C=O) groups excluding carboxylic acids is 3. The Balaban J connectivity index is 1.98. The maximum Gasteiger partial charge on any atom is 0.409 e. The monoisotopic (exact) mass is 464 g/mol. The van der Waals surface area contributed by atoms with Gasteiger partial charge in [-0.3, -0.25) is 19.3 Å². The van der Waals surface area contributed by atoms with Crippen LogP contribution in [0.2, 0.25) is 0 Å². The molecule has 11 heteroatoms. The Hall–Kier alpha value is -3.76. The molecule has 176 valence electrons. The maximum absolute atomic E-state index is 13.9. The lowest BCUT2D eigenvalue weighted by Gasteiger charge is -2.34. The van der Waals surface area contributed by atoms with E-state index >= 15 is 0 Å². The van der Waals surface area contributed by atoms with Crippen molar-refractivity contribution in [2.75, 3.05) is 35.3 Å². The van der Waals surface area contributed by atoms with Crippen LogP contribution < -0.4 is 25.6 Å². The van der Waals surface area contributed by atoms with E-state index in [1.807, 2.05) is 0 Å². The van der Waals surface area contributed by atoms with E-state index in [0.717, 1.165) is 0 Å². The number of benzene rings is 2. The van der Waals surface area contributed by atoms with Crippen molar-refractivity contribution in [2.24, 2.45) is 5.73 Å². The number of anilines is 3. The summed E-state index contributed by atoms with van der Waals surface area (Å²) in [5.74, 6) is -1.81. The number of carbonyl (C=O) groups is 3. The quantitative estimate of drug-likeness (QED) is 0.656.